The van der Waals surface area contributed by atoms with E-state index >= 15 is 0 Å². The van der Waals surface area contributed by atoms with Crippen molar-refractivity contribution in [1.29, 1.82) is 0 Å². The van der Waals surface area contributed by atoms with Crippen LogP contribution in [0.25, 0.3) is 84.5 Å². The van der Waals surface area contributed by atoms with Gasteiger partial charge in [-0.15, -0.1) is 22.7 Å². The normalized spacial score (nSPS) is 11.8. The number of rotatable bonds is 5. The molecule has 244 valence electrons. The van der Waals surface area contributed by atoms with E-state index in [4.69, 9.17) is 4.42 Å². The van der Waals surface area contributed by atoms with Crippen molar-refractivity contribution < 1.29 is 4.42 Å². The first-order valence-corrected chi connectivity index (χ1v) is 19.1. The van der Waals surface area contributed by atoms with Gasteiger partial charge in [0.25, 0.3) is 0 Å². The molecule has 0 aliphatic rings. The third kappa shape index (κ3) is 4.55. The lowest BCUT2D eigenvalue weighted by atomic mass is 10.0. The molecule has 3 aromatic heterocycles. The Bertz CT molecular complexity index is 3150. The minimum atomic E-state index is 0.878. The van der Waals surface area contributed by atoms with Crippen LogP contribution >= 0.6 is 22.7 Å². The zero-order valence-corrected chi connectivity index (χ0v) is 29.5. The van der Waals surface area contributed by atoms with Crippen LogP contribution in [0.2, 0.25) is 0 Å². The molecule has 11 aromatic rings. The van der Waals surface area contributed by atoms with Crippen molar-refractivity contribution in [1.82, 2.24) is 0 Å². The number of benzene rings is 8. The number of fused-ring (bicyclic) bond motifs is 9. The predicted octanol–water partition coefficient (Wildman–Crippen LogP) is 15.1. The molecule has 8 aromatic carbocycles. The highest BCUT2D eigenvalue weighted by Gasteiger charge is 2.23. The summed E-state index contributed by atoms with van der Waals surface area (Å²) in [6, 6.07) is 63.6. The maximum Gasteiger partial charge on any atom is 0.159 e. The van der Waals surface area contributed by atoms with Crippen molar-refractivity contribution in [3.8, 4) is 22.3 Å². The fourth-order valence-electron chi connectivity index (χ4n) is 7.87. The average Bonchev–Trinajstić information content (AvgIpc) is 3.90. The molecule has 0 aliphatic heterocycles. The lowest BCUT2D eigenvalue weighted by Crippen LogP contribution is -2.10. The van der Waals surface area contributed by atoms with Gasteiger partial charge >= 0.3 is 0 Å². The summed E-state index contributed by atoms with van der Waals surface area (Å²) in [5.41, 5.74) is 9.85. The topological polar surface area (TPSA) is 16.4 Å². The third-order valence-corrected chi connectivity index (χ3v) is 12.7. The summed E-state index contributed by atoms with van der Waals surface area (Å²) in [7, 11) is 0. The minimum Gasteiger partial charge on any atom is -0.454 e. The molecule has 0 saturated carbocycles. The highest BCUT2D eigenvalue weighted by Crippen LogP contribution is 2.49. The lowest BCUT2D eigenvalue weighted by Gasteiger charge is -2.26. The number of thiophene rings is 2. The second-order valence-electron chi connectivity index (χ2n) is 13.3. The molecule has 3 heterocycles. The molecule has 0 radical (unpaired) electrons. The van der Waals surface area contributed by atoms with E-state index < -0.39 is 0 Å². The number of nitrogens with zero attached hydrogens (tertiary/aromatic N) is 1. The third-order valence-electron chi connectivity index (χ3n) is 10.3. The van der Waals surface area contributed by atoms with E-state index in [9.17, 15) is 0 Å². The van der Waals surface area contributed by atoms with Crippen LogP contribution in [0.1, 0.15) is 0 Å². The fraction of sp³-hybridized carbons (Fsp3) is 0. The van der Waals surface area contributed by atoms with Gasteiger partial charge in [-0.25, -0.2) is 0 Å². The second kappa shape index (κ2) is 11.7. The Labute approximate surface area is 308 Å². The fourth-order valence-corrected chi connectivity index (χ4v) is 10.3. The number of furan rings is 1. The van der Waals surface area contributed by atoms with Gasteiger partial charge in [0.1, 0.15) is 5.58 Å². The molecule has 2 nitrogen and oxygen atoms in total. The van der Waals surface area contributed by atoms with Crippen molar-refractivity contribution in [3.05, 3.63) is 176 Å². The number of para-hydroxylation sites is 2. The Morgan fingerprint density at radius 2 is 1.04 bits per heavy atom. The second-order valence-corrected chi connectivity index (χ2v) is 15.4. The Hall–Kier alpha value is -6.20. The highest BCUT2D eigenvalue weighted by atomic mass is 32.1. The van der Waals surface area contributed by atoms with Gasteiger partial charge in [0.2, 0.25) is 0 Å². The summed E-state index contributed by atoms with van der Waals surface area (Å²) in [6.07, 6.45) is 0. The van der Waals surface area contributed by atoms with Crippen molar-refractivity contribution >= 4 is 102 Å². The zero-order chi connectivity index (χ0) is 34.2. The van der Waals surface area contributed by atoms with Gasteiger partial charge in [0, 0.05) is 52.1 Å². The first-order chi connectivity index (χ1) is 25.8. The molecular formula is C48H29NOS2. The zero-order valence-electron chi connectivity index (χ0n) is 27.9. The quantitative estimate of drug-likeness (QED) is 0.178. The molecule has 0 bridgehead atoms. The van der Waals surface area contributed by atoms with E-state index in [0.717, 1.165) is 39.0 Å². The van der Waals surface area contributed by atoms with Crippen LogP contribution in [0.4, 0.5) is 17.1 Å². The smallest absolute Gasteiger partial charge is 0.159 e. The van der Waals surface area contributed by atoms with Gasteiger partial charge in [0.15, 0.2) is 5.58 Å². The van der Waals surface area contributed by atoms with E-state index in [1.807, 2.05) is 28.7 Å². The van der Waals surface area contributed by atoms with Crippen LogP contribution < -0.4 is 4.90 Å². The summed E-state index contributed by atoms with van der Waals surface area (Å²) in [6.45, 7) is 0. The lowest BCUT2D eigenvalue weighted by molar-refractivity contribution is 0.669. The van der Waals surface area contributed by atoms with E-state index in [2.05, 4.69) is 175 Å². The highest BCUT2D eigenvalue weighted by molar-refractivity contribution is 7.27. The average molecular weight is 700 g/mol. The van der Waals surface area contributed by atoms with Crippen LogP contribution in [0.15, 0.2) is 180 Å². The van der Waals surface area contributed by atoms with Crippen LogP contribution in [0.5, 0.6) is 0 Å². The molecule has 0 amide bonds. The maximum atomic E-state index is 6.71. The molecule has 4 heteroatoms. The van der Waals surface area contributed by atoms with Gasteiger partial charge in [-0.1, -0.05) is 127 Å². The van der Waals surface area contributed by atoms with Crippen molar-refractivity contribution in [2.45, 2.75) is 0 Å². The summed E-state index contributed by atoms with van der Waals surface area (Å²) in [4.78, 5) is 2.41. The Morgan fingerprint density at radius 1 is 0.385 bits per heavy atom. The van der Waals surface area contributed by atoms with Crippen molar-refractivity contribution in [2.75, 3.05) is 4.90 Å². The number of hydrogen-bond acceptors (Lipinski definition) is 4. The SMILES string of the molecule is c1ccc(-c2cccc3c2sc2c(N(c4cccc(-c5ccc6sc7ccccc7c6c5)c4)c4cccc5c4oc4ccccc45)cccc23)cc1. The molecule has 11 rings (SSSR count). The van der Waals surface area contributed by atoms with Crippen LogP contribution in [0, 0.1) is 0 Å². The predicted molar refractivity (Wildman–Crippen MR) is 225 cm³/mol. The van der Waals surface area contributed by atoms with E-state index in [0.29, 0.717) is 0 Å². The Balaban J connectivity index is 1.17. The molecule has 0 aliphatic carbocycles. The molecular weight excluding hydrogens is 671 g/mol. The molecule has 0 fully saturated rings. The first kappa shape index (κ1) is 29.5. The number of anilines is 3. The van der Waals surface area contributed by atoms with Crippen LogP contribution in [-0.4, -0.2) is 0 Å². The summed E-state index contributed by atoms with van der Waals surface area (Å²) in [5.74, 6) is 0. The van der Waals surface area contributed by atoms with Gasteiger partial charge in [-0.05, 0) is 70.8 Å². The standard InChI is InChI=1S/C48H29NOS2/c1-2-12-30(13-3-1)34-18-9-20-38-39-21-11-23-42(48(39)52-47(34)38)49(41-22-10-19-37-35-16-4-6-24-43(35)50-46(37)41)33-15-8-14-31(28-33)32-26-27-45-40(29-32)36-17-5-7-25-44(36)51-45/h1-29H. The maximum absolute atomic E-state index is 6.71. The monoisotopic (exact) mass is 699 g/mol. The summed E-state index contributed by atoms with van der Waals surface area (Å²) >= 11 is 3.73. The first-order valence-electron chi connectivity index (χ1n) is 17.5. The number of hydrogen-bond donors (Lipinski definition) is 0. The summed E-state index contributed by atoms with van der Waals surface area (Å²) in [5, 5.41) is 7.37. The van der Waals surface area contributed by atoms with Gasteiger partial charge < -0.3 is 9.32 Å². The molecule has 0 unspecified atom stereocenters. The summed E-state index contributed by atoms with van der Waals surface area (Å²) < 4.78 is 11.9. The molecule has 0 spiro atoms. The van der Waals surface area contributed by atoms with Crippen LogP contribution in [-0.2, 0) is 0 Å². The molecule has 52 heavy (non-hydrogen) atoms. The van der Waals surface area contributed by atoms with Gasteiger partial charge in [-0.3, -0.25) is 0 Å². The van der Waals surface area contributed by atoms with Gasteiger partial charge in [-0.2, -0.15) is 0 Å². The largest absolute Gasteiger partial charge is 0.454 e. The van der Waals surface area contributed by atoms with Crippen molar-refractivity contribution in [3.63, 3.8) is 0 Å². The Morgan fingerprint density at radius 3 is 1.94 bits per heavy atom. The van der Waals surface area contributed by atoms with Gasteiger partial charge in [0.05, 0.1) is 16.1 Å². The van der Waals surface area contributed by atoms with E-state index in [1.165, 1.54) is 62.6 Å². The molecule has 0 N–H and O–H groups in total. The molecule has 0 saturated heterocycles. The van der Waals surface area contributed by atoms with E-state index in [-0.39, 0.29) is 0 Å². The minimum absolute atomic E-state index is 0.878. The van der Waals surface area contributed by atoms with E-state index in [1.54, 1.807) is 0 Å². The Kier molecular flexibility index (Phi) is 6.63. The van der Waals surface area contributed by atoms with Crippen molar-refractivity contribution in [2.24, 2.45) is 0 Å². The molecule has 0 atom stereocenters. The van der Waals surface area contributed by atoms with Crippen LogP contribution in [0.3, 0.4) is 0 Å².